The van der Waals surface area contributed by atoms with Crippen LogP contribution in [0.2, 0.25) is 0 Å². The Balaban J connectivity index is 1.46. The van der Waals surface area contributed by atoms with Gasteiger partial charge in [-0.25, -0.2) is 4.79 Å². The van der Waals surface area contributed by atoms with E-state index in [9.17, 15) is 9.59 Å². The smallest absolute Gasteiger partial charge is 0.315 e. The van der Waals surface area contributed by atoms with Crippen LogP contribution in [0.4, 0.5) is 4.79 Å². The third-order valence-electron chi connectivity index (χ3n) is 5.15. The summed E-state index contributed by atoms with van der Waals surface area (Å²) in [7, 11) is 0. The fourth-order valence-electron chi connectivity index (χ4n) is 3.51. The Morgan fingerprint density at radius 3 is 2.42 bits per heavy atom. The maximum atomic E-state index is 12.2. The van der Waals surface area contributed by atoms with Gasteiger partial charge in [-0.1, -0.05) is 36.8 Å². The van der Waals surface area contributed by atoms with Crippen LogP contribution in [0.5, 0.6) is 0 Å². The van der Waals surface area contributed by atoms with Crippen molar-refractivity contribution in [2.24, 2.45) is 5.92 Å². The standard InChI is InChI=1S/C19H27N3O2/c23-17(22-13-4-5-14-22)11-12-20-19(24)21-18(16-9-6-10-16)15-7-2-1-3-8-15/h1-3,7-8,16,18H,4-6,9-14H2,(H2,20,21,24). The maximum Gasteiger partial charge on any atom is 0.315 e. The number of urea groups is 1. The third-order valence-corrected chi connectivity index (χ3v) is 5.15. The van der Waals surface area contributed by atoms with Crippen molar-refractivity contribution in [2.45, 2.75) is 44.6 Å². The summed E-state index contributed by atoms with van der Waals surface area (Å²) >= 11 is 0. The summed E-state index contributed by atoms with van der Waals surface area (Å²) in [6.07, 6.45) is 6.13. The molecule has 1 aromatic carbocycles. The van der Waals surface area contributed by atoms with Crippen LogP contribution in [0.15, 0.2) is 30.3 Å². The minimum absolute atomic E-state index is 0.0641. The summed E-state index contributed by atoms with van der Waals surface area (Å²) in [6.45, 7) is 2.12. The monoisotopic (exact) mass is 329 g/mol. The number of nitrogens with zero attached hydrogens (tertiary/aromatic N) is 1. The zero-order valence-electron chi connectivity index (χ0n) is 14.2. The average molecular weight is 329 g/mol. The predicted molar refractivity (Wildman–Crippen MR) is 93.5 cm³/mol. The van der Waals surface area contributed by atoms with E-state index < -0.39 is 0 Å². The molecular formula is C19H27N3O2. The molecule has 2 fully saturated rings. The largest absolute Gasteiger partial charge is 0.343 e. The fraction of sp³-hybridized carbons (Fsp3) is 0.579. The van der Waals surface area contributed by atoms with Crippen LogP contribution in [0, 0.1) is 5.92 Å². The molecule has 0 bridgehead atoms. The summed E-state index contributed by atoms with van der Waals surface area (Å²) in [4.78, 5) is 26.1. The van der Waals surface area contributed by atoms with E-state index >= 15 is 0 Å². The van der Waals surface area contributed by atoms with E-state index in [-0.39, 0.29) is 18.0 Å². The quantitative estimate of drug-likeness (QED) is 0.843. The molecule has 24 heavy (non-hydrogen) atoms. The van der Waals surface area contributed by atoms with E-state index in [0.717, 1.165) is 44.3 Å². The molecule has 5 heteroatoms. The fourth-order valence-corrected chi connectivity index (χ4v) is 3.51. The molecule has 1 unspecified atom stereocenters. The molecular weight excluding hydrogens is 302 g/mol. The first-order valence-corrected chi connectivity index (χ1v) is 9.11. The van der Waals surface area contributed by atoms with Crippen molar-refractivity contribution in [1.82, 2.24) is 15.5 Å². The highest BCUT2D eigenvalue weighted by molar-refractivity contribution is 5.78. The molecule has 1 heterocycles. The van der Waals surface area contributed by atoms with Crippen LogP contribution in [-0.2, 0) is 4.79 Å². The molecule has 5 nitrogen and oxygen atoms in total. The van der Waals surface area contributed by atoms with Crippen LogP contribution in [0.1, 0.15) is 50.1 Å². The van der Waals surface area contributed by atoms with Crippen molar-refractivity contribution >= 4 is 11.9 Å². The second-order valence-corrected chi connectivity index (χ2v) is 6.82. The SMILES string of the molecule is O=C(NCCC(=O)N1CCCC1)NC(c1ccccc1)C1CCC1. The minimum Gasteiger partial charge on any atom is -0.343 e. The second-order valence-electron chi connectivity index (χ2n) is 6.82. The number of hydrogen-bond donors (Lipinski definition) is 2. The lowest BCUT2D eigenvalue weighted by Gasteiger charge is -2.34. The molecule has 0 spiro atoms. The summed E-state index contributed by atoms with van der Waals surface area (Å²) in [5, 5.41) is 5.95. The van der Waals surface area contributed by atoms with Gasteiger partial charge in [0.1, 0.15) is 0 Å². The Kier molecular flexibility index (Phi) is 5.72. The highest BCUT2D eigenvalue weighted by Crippen LogP contribution is 2.37. The molecule has 0 aromatic heterocycles. The lowest BCUT2D eigenvalue weighted by molar-refractivity contribution is -0.129. The van der Waals surface area contributed by atoms with Crippen LogP contribution in [-0.4, -0.2) is 36.5 Å². The van der Waals surface area contributed by atoms with Gasteiger partial charge >= 0.3 is 6.03 Å². The Bertz CT molecular complexity index is 551. The normalized spacial score (nSPS) is 18.8. The van der Waals surface area contributed by atoms with Crippen molar-refractivity contribution in [3.05, 3.63) is 35.9 Å². The van der Waals surface area contributed by atoms with Crippen LogP contribution in [0.3, 0.4) is 0 Å². The first-order valence-electron chi connectivity index (χ1n) is 9.11. The van der Waals surface area contributed by atoms with E-state index in [1.165, 1.54) is 6.42 Å². The van der Waals surface area contributed by atoms with E-state index in [1.807, 2.05) is 23.1 Å². The van der Waals surface area contributed by atoms with Crippen LogP contribution >= 0.6 is 0 Å². The number of rotatable bonds is 6. The Hall–Kier alpha value is -2.04. The molecule has 1 atom stereocenters. The van der Waals surface area contributed by atoms with Gasteiger partial charge in [0, 0.05) is 26.1 Å². The van der Waals surface area contributed by atoms with Gasteiger partial charge in [-0.15, -0.1) is 0 Å². The number of benzene rings is 1. The third kappa shape index (κ3) is 4.28. The molecule has 2 N–H and O–H groups in total. The van der Waals surface area contributed by atoms with Gasteiger partial charge in [0.2, 0.25) is 5.91 Å². The molecule has 3 rings (SSSR count). The molecule has 3 amide bonds. The molecule has 130 valence electrons. The van der Waals surface area contributed by atoms with E-state index in [4.69, 9.17) is 0 Å². The van der Waals surface area contributed by atoms with Gasteiger partial charge in [-0.05, 0) is 37.2 Å². The molecule has 1 saturated carbocycles. The van der Waals surface area contributed by atoms with Crippen LogP contribution in [0.25, 0.3) is 0 Å². The van der Waals surface area contributed by atoms with Crippen molar-refractivity contribution < 1.29 is 9.59 Å². The Labute approximate surface area is 143 Å². The highest BCUT2D eigenvalue weighted by Gasteiger charge is 2.29. The van der Waals surface area contributed by atoms with E-state index in [0.29, 0.717) is 18.9 Å². The number of carbonyl (C=O) groups is 2. The Morgan fingerprint density at radius 1 is 1.08 bits per heavy atom. The van der Waals surface area contributed by atoms with Gasteiger partial charge in [0.15, 0.2) is 0 Å². The van der Waals surface area contributed by atoms with Crippen molar-refractivity contribution in [2.75, 3.05) is 19.6 Å². The first kappa shape index (κ1) is 16.8. The number of likely N-dealkylation sites (tertiary alicyclic amines) is 1. The van der Waals surface area contributed by atoms with Crippen LogP contribution < -0.4 is 10.6 Å². The highest BCUT2D eigenvalue weighted by atomic mass is 16.2. The second kappa shape index (κ2) is 8.18. The molecule has 1 aromatic rings. The number of nitrogens with one attached hydrogen (secondary N) is 2. The summed E-state index contributed by atoms with van der Waals surface area (Å²) in [5.74, 6) is 0.663. The van der Waals surface area contributed by atoms with Gasteiger partial charge < -0.3 is 15.5 Å². The maximum absolute atomic E-state index is 12.2. The van der Waals surface area contributed by atoms with Crippen molar-refractivity contribution in [1.29, 1.82) is 0 Å². The molecule has 1 saturated heterocycles. The van der Waals surface area contributed by atoms with Gasteiger partial charge in [-0.2, -0.15) is 0 Å². The van der Waals surface area contributed by atoms with Gasteiger partial charge in [0.05, 0.1) is 6.04 Å². The van der Waals surface area contributed by atoms with Crippen molar-refractivity contribution in [3.8, 4) is 0 Å². The average Bonchev–Trinajstić information content (AvgIpc) is 3.08. The first-order chi connectivity index (χ1) is 11.7. The molecule has 1 aliphatic carbocycles. The van der Waals surface area contributed by atoms with E-state index in [1.54, 1.807) is 0 Å². The molecule has 1 aliphatic heterocycles. The lowest BCUT2D eigenvalue weighted by atomic mass is 9.77. The predicted octanol–water partition coefficient (Wildman–Crippen LogP) is 2.84. The zero-order valence-corrected chi connectivity index (χ0v) is 14.2. The minimum atomic E-state index is -0.176. The Morgan fingerprint density at radius 2 is 1.79 bits per heavy atom. The lowest BCUT2D eigenvalue weighted by Crippen LogP contribution is -2.43. The summed E-state index contributed by atoms with van der Waals surface area (Å²) in [6, 6.07) is 10.0. The van der Waals surface area contributed by atoms with Crippen molar-refractivity contribution in [3.63, 3.8) is 0 Å². The van der Waals surface area contributed by atoms with E-state index in [2.05, 4.69) is 22.8 Å². The van der Waals surface area contributed by atoms with Gasteiger partial charge in [0.25, 0.3) is 0 Å². The zero-order chi connectivity index (χ0) is 16.8. The molecule has 0 radical (unpaired) electrons. The summed E-state index contributed by atoms with van der Waals surface area (Å²) in [5.41, 5.74) is 1.16. The number of carbonyl (C=O) groups excluding carboxylic acids is 2. The summed E-state index contributed by atoms with van der Waals surface area (Å²) < 4.78 is 0. The number of amides is 3. The molecule has 2 aliphatic rings. The number of hydrogen-bond acceptors (Lipinski definition) is 2. The topological polar surface area (TPSA) is 61.4 Å². The van der Waals surface area contributed by atoms with Gasteiger partial charge in [-0.3, -0.25) is 4.79 Å².